The van der Waals surface area contributed by atoms with Gasteiger partial charge in [0, 0.05) is 18.2 Å². The van der Waals surface area contributed by atoms with Crippen molar-refractivity contribution in [3.63, 3.8) is 0 Å². The highest BCUT2D eigenvalue weighted by atomic mass is 19.1. The first-order valence-electron chi connectivity index (χ1n) is 5.82. The predicted molar refractivity (Wildman–Crippen MR) is 71.2 cm³/mol. The number of hydrogen-bond acceptors (Lipinski definition) is 3. The molecule has 0 bridgehead atoms. The molecule has 0 aliphatic rings. The Morgan fingerprint density at radius 2 is 1.83 bits per heavy atom. The highest BCUT2D eigenvalue weighted by Gasteiger charge is 2.13. The van der Waals surface area contributed by atoms with Crippen molar-refractivity contribution in [1.29, 1.82) is 0 Å². The Hall–Kier alpha value is -1.97. The second-order valence-electron chi connectivity index (χ2n) is 4.33. The molecule has 1 aromatic carbocycles. The minimum Gasteiger partial charge on any atom is -0.373 e. The molecule has 4 heteroatoms. The minimum atomic E-state index is -0.260. The van der Waals surface area contributed by atoms with Gasteiger partial charge >= 0.3 is 0 Å². The average molecular weight is 245 g/mol. The van der Waals surface area contributed by atoms with Crippen molar-refractivity contribution in [3.05, 3.63) is 41.0 Å². The molecule has 94 valence electrons. The second kappa shape index (κ2) is 4.72. The zero-order valence-electron chi connectivity index (χ0n) is 11.0. The van der Waals surface area contributed by atoms with Gasteiger partial charge in [0.15, 0.2) is 0 Å². The standard InChI is InChI=1S/C14H16FN3/c1-8-5-6-12(15)11(7-8)13-9(2)14(16-4)18-10(3)17-13/h5-7H,1-4H3,(H,16,17,18). The maximum atomic E-state index is 13.9. The summed E-state index contributed by atoms with van der Waals surface area (Å²) in [4.78, 5) is 8.65. The lowest BCUT2D eigenvalue weighted by atomic mass is 10.0. The smallest absolute Gasteiger partial charge is 0.132 e. The van der Waals surface area contributed by atoms with Crippen molar-refractivity contribution in [2.45, 2.75) is 20.8 Å². The summed E-state index contributed by atoms with van der Waals surface area (Å²) in [7, 11) is 1.80. The Morgan fingerprint density at radius 1 is 1.11 bits per heavy atom. The maximum absolute atomic E-state index is 13.9. The maximum Gasteiger partial charge on any atom is 0.132 e. The van der Waals surface area contributed by atoms with Gasteiger partial charge in [0.05, 0.1) is 5.69 Å². The Bertz CT molecular complexity index is 594. The molecule has 3 nitrogen and oxygen atoms in total. The summed E-state index contributed by atoms with van der Waals surface area (Å²) in [5.74, 6) is 1.10. The Labute approximate surface area is 106 Å². The van der Waals surface area contributed by atoms with E-state index < -0.39 is 0 Å². The van der Waals surface area contributed by atoms with Crippen LogP contribution in [0.2, 0.25) is 0 Å². The van der Waals surface area contributed by atoms with Gasteiger partial charge in [-0.2, -0.15) is 0 Å². The molecule has 1 aromatic heterocycles. The fourth-order valence-corrected chi connectivity index (χ4v) is 1.95. The van der Waals surface area contributed by atoms with Gasteiger partial charge < -0.3 is 5.32 Å². The number of nitrogens with one attached hydrogen (secondary N) is 1. The second-order valence-corrected chi connectivity index (χ2v) is 4.33. The van der Waals surface area contributed by atoms with Crippen molar-refractivity contribution >= 4 is 5.82 Å². The third-order valence-corrected chi connectivity index (χ3v) is 2.87. The lowest BCUT2D eigenvalue weighted by molar-refractivity contribution is 0.630. The van der Waals surface area contributed by atoms with Crippen LogP contribution in [-0.4, -0.2) is 17.0 Å². The number of nitrogens with zero attached hydrogens (tertiary/aromatic N) is 2. The number of hydrogen-bond donors (Lipinski definition) is 1. The summed E-state index contributed by atoms with van der Waals surface area (Å²) in [5.41, 5.74) is 3.03. The number of benzene rings is 1. The topological polar surface area (TPSA) is 37.8 Å². The largest absolute Gasteiger partial charge is 0.373 e. The molecule has 0 atom stereocenters. The average Bonchev–Trinajstić information content (AvgIpc) is 2.35. The van der Waals surface area contributed by atoms with Crippen LogP contribution in [0, 0.1) is 26.6 Å². The van der Waals surface area contributed by atoms with E-state index in [-0.39, 0.29) is 5.82 Å². The normalized spacial score (nSPS) is 10.5. The third-order valence-electron chi connectivity index (χ3n) is 2.87. The van der Waals surface area contributed by atoms with Gasteiger partial charge in [-0.25, -0.2) is 14.4 Å². The molecule has 2 rings (SSSR count). The van der Waals surface area contributed by atoms with Crippen LogP contribution in [0.3, 0.4) is 0 Å². The molecule has 0 aliphatic heterocycles. The summed E-state index contributed by atoms with van der Waals surface area (Å²) in [5, 5.41) is 3.01. The number of halogens is 1. The van der Waals surface area contributed by atoms with Crippen molar-refractivity contribution in [2.75, 3.05) is 12.4 Å². The fourth-order valence-electron chi connectivity index (χ4n) is 1.95. The van der Waals surface area contributed by atoms with Crippen LogP contribution >= 0.6 is 0 Å². The predicted octanol–water partition coefficient (Wildman–Crippen LogP) is 3.25. The zero-order chi connectivity index (χ0) is 13.3. The lowest BCUT2D eigenvalue weighted by Gasteiger charge is -2.12. The van der Waals surface area contributed by atoms with Gasteiger partial charge in [0.1, 0.15) is 17.5 Å². The number of aryl methyl sites for hydroxylation is 2. The van der Waals surface area contributed by atoms with Crippen LogP contribution < -0.4 is 5.32 Å². The highest BCUT2D eigenvalue weighted by Crippen LogP contribution is 2.28. The fraction of sp³-hybridized carbons (Fsp3) is 0.286. The van der Waals surface area contributed by atoms with Crippen LogP contribution in [0.5, 0.6) is 0 Å². The molecule has 1 heterocycles. The molecule has 0 spiro atoms. The molecule has 2 aromatic rings. The van der Waals surface area contributed by atoms with Crippen molar-refractivity contribution in [3.8, 4) is 11.3 Å². The quantitative estimate of drug-likeness (QED) is 0.882. The summed E-state index contributed by atoms with van der Waals surface area (Å²) >= 11 is 0. The van der Waals surface area contributed by atoms with Gasteiger partial charge in [0.2, 0.25) is 0 Å². The monoisotopic (exact) mass is 245 g/mol. The molecule has 0 radical (unpaired) electrons. The van der Waals surface area contributed by atoms with Crippen LogP contribution in [0.4, 0.5) is 10.2 Å². The van der Waals surface area contributed by atoms with E-state index in [1.807, 2.05) is 19.9 Å². The molecule has 0 saturated carbocycles. The van der Waals surface area contributed by atoms with E-state index in [0.29, 0.717) is 17.1 Å². The Balaban J connectivity index is 2.70. The van der Waals surface area contributed by atoms with Gasteiger partial charge in [0.25, 0.3) is 0 Å². The van der Waals surface area contributed by atoms with Crippen molar-refractivity contribution in [1.82, 2.24) is 9.97 Å². The van der Waals surface area contributed by atoms with Crippen LogP contribution in [0.1, 0.15) is 17.0 Å². The van der Waals surface area contributed by atoms with E-state index >= 15 is 0 Å². The number of aromatic nitrogens is 2. The van der Waals surface area contributed by atoms with Crippen molar-refractivity contribution in [2.24, 2.45) is 0 Å². The van der Waals surface area contributed by atoms with Crippen molar-refractivity contribution < 1.29 is 4.39 Å². The van der Waals surface area contributed by atoms with E-state index in [2.05, 4.69) is 15.3 Å². The van der Waals surface area contributed by atoms with Gasteiger partial charge in [-0.15, -0.1) is 0 Å². The first-order chi connectivity index (χ1) is 8.52. The third kappa shape index (κ3) is 2.18. The highest BCUT2D eigenvalue weighted by molar-refractivity contribution is 5.69. The molecule has 0 amide bonds. The van der Waals surface area contributed by atoms with Crippen LogP contribution in [0.25, 0.3) is 11.3 Å². The van der Waals surface area contributed by atoms with E-state index in [1.165, 1.54) is 6.07 Å². The summed E-state index contributed by atoms with van der Waals surface area (Å²) in [6.45, 7) is 5.63. The molecule has 1 N–H and O–H groups in total. The number of anilines is 1. The van der Waals surface area contributed by atoms with E-state index in [0.717, 1.165) is 16.9 Å². The zero-order valence-corrected chi connectivity index (χ0v) is 11.0. The molecular weight excluding hydrogens is 229 g/mol. The van der Waals surface area contributed by atoms with E-state index in [4.69, 9.17) is 0 Å². The van der Waals surface area contributed by atoms with Gasteiger partial charge in [-0.3, -0.25) is 0 Å². The van der Waals surface area contributed by atoms with Gasteiger partial charge in [-0.1, -0.05) is 11.6 Å². The Morgan fingerprint density at radius 3 is 2.50 bits per heavy atom. The first-order valence-corrected chi connectivity index (χ1v) is 5.82. The molecule has 0 fully saturated rings. The summed E-state index contributed by atoms with van der Waals surface area (Å²) in [6, 6.07) is 5.03. The first kappa shape index (κ1) is 12.5. The molecule has 0 saturated heterocycles. The van der Waals surface area contributed by atoms with Crippen LogP contribution in [0.15, 0.2) is 18.2 Å². The lowest BCUT2D eigenvalue weighted by Crippen LogP contribution is -2.03. The summed E-state index contributed by atoms with van der Waals surface area (Å²) in [6.07, 6.45) is 0. The van der Waals surface area contributed by atoms with E-state index in [9.17, 15) is 4.39 Å². The van der Waals surface area contributed by atoms with E-state index in [1.54, 1.807) is 20.0 Å². The summed E-state index contributed by atoms with van der Waals surface area (Å²) < 4.78 is 13.9. The molecule has 18 heavy (non-hydrogen) atoms. The SMILES string of the molecule is CNc1nc(C)nc(-c2cc(C)ccc2F)c1C. The minimum absolute atomic E-state index is 0.260. The van der Waals surface area contributed by atoms with Crippen LogP contribution in [-0.2, 0) is 0 Å². The Kier molecular flexibility index (Phi) is 3.28. The molecular formula is C14H16FN3. The molecule has 0 unspecified atom stereocenters. The number of rotatable bonds is 2. The molecule has 0 aliphatic carbocycles. The van der Waals surface area contributed by atoms with Gasteiger partial charge in [-0.05, 0) is 32.9 Å².